The van der Waals surface area contributed by atoms with Gasteiger partial charge in [-0.15, -0.1) is 0 Å². The molecule has 1 saturated heterocycles. The molecule has 0 bridgehead atoms. The summed E-state index contributed by atoms with van der Waals surface area (Å²) in [5.41, 5.74) is 2.35. The molecule has 1 aliphatic heterocycles. The predicted octanol–water partition coefficient (Wildman–Crippen LogP) is 3.47. The molecule has 4 rings (SSSR count). The molecule has 8 nitrogen and oxygen atoms in total. The van der Waals surface area contributed by atoms with Crippen molar-refractivity contribution in [3.63, 3.8) is 0 Å². The number of likely N-dealkylation sites (tertiary alicyclic amines) is 1. The molecule has 0 spiro atoms. The van der Waals surface area contributed by atoms with Crippen LogP contribution in [0.5, 0.6) is 11.5 Å². The molecule has 2 aromatic carbocycles. The highest BCUT2D eigenvalue weighted by atomic mass is 16.5. The fourth-order valence-electron chi connectivity index (χ4n) is 4.21. The fourth-order valence-corrected chi connectivity index (χ4v) is 4.21. The lowest BCUT2D eigenvalue weighted by molar-refractivity contribution is 0.0701. The van der Waals surface area contributed by atoms with Gasteiger partial charge in [0.2, 0.25) is 0 Å². The summed E-state index contributed by atoms with van der Waals surface area (Å²) in [4.78, 5) is 35.7. The number of amides is 2. The van der Waals surface area contributed by atoms with E-state index in [1.165, 1.54) is 0 Å². The van der Waals surface area contributed by atoms with Crippen molar-refractivity contribution in [2.75, 3.05) is 34.4 Å². The minimum atomic E-state index is -0.239. The summed E-state index contributed by atoms with van der Waals surface area (Å²) in [6.07, 6.45) is 1.72. The number of benzene rings is 2. The highest BCUT2D eigenvalue weighted by molar-refractivity contribution is 5.98. The molecule has 0 aliphatic carbocycles. The number of piperidine rings is 1. The largest absolute Gasteiger partial charge is 0.497 e. The Kier molecular flexibility index (Phi) is 6.63. The van der Waals surface area contributed by atoms with E-state index in [0.717, 1.165) is 24.2 Å². The first kappa shape index (κ1) is 22.4. The van der Waals surface area contributed by atoms with Crippen molar-refractivity contribution in [2.45, 2.75) is 18.8 Å². The van der Waals surface area contributed by atoms with Crippen molar-refractivity contribution < 1.29 is 19.1 Å². The maximum absolute atomic E-state index is 13.2. The number of carbonyl (C=O) groups is 2. The first-order chi connectivity index (χ1) is 16.0. The number of methoxy groups -OCH3 is 2. The predicted molar refractivity (Wildman–Crippen MR) is 125 cm³/mol. The normalized spacial score (nSPS) is 15.7. The van der Waals surface area contributed by atoms with E-state index in [4.69, 9.17) is 14.5 Å². The number of hydrogen-bond donors (Lipinski definition) is 2. The zero-order valence-electron chi connectivity index (χ0n) is 19.1. The lowest BCUT2D eigenvalue weighted by Crippen LogP contribution is -2.39. The average molecular weight is 449 g/mol. The second-order valence-electron chi connectivity index (χ2n) is 7.94. The van der Waals surface area contributed by atoms with Crippen molar-refractivity contribution in [3.05, 3.63) is 65.6 Å². The minimum Gasteiger partial charge on any atom is -0.497 e. The number of ether oxygens (including phenoxy) is 2. The summed E-state index contributed by atoms with van der Waals surface area (Å²) < 4.78 is 10.6. The van der Waals surface area contributed by atoms with Gasteiger partial charge in [-0.3, -0.25) is 9.59 Å². The van der Waals surface area contributed by atoms with Gasteiger partial charge in [0.15, 0.2) is 0 Å². The van der Waals surface area contributed by atoms with E-state index in [1.54, 1.807) is 33.4 Å². The van der Waals surface area contributed by atoms with Gasteiger partial charge in [-0.05, 0) is 49.2 Å². The van der Waals surface area contributed by atoms with Crippen LogP contribution in [0.3, 0.4) is 0 Å². The van der Waals surface area contributed by atoms with Gasteiger partial charge in [-0.1, -0.05) is 12.1 Å². The van der Waals surface area contributed by atoms with E-state index in [9.17, 15) is 9.59 Å². The summed E-state index contributed by atoms with van der Waals surface area (Å²) in [5, 5.41) is 2.68. The Morgan fingerprint density at radius 1 is 1.09 bits per heavy atom. The monoisotopic (exact) mass is 448 g/mol. The number of rotatable bonds is 6. The standard InChI is InChI=1S/C25H28N4O4/c1-26-24(30)22-21(16-10-12-18(32-2)13-11-16)27-23(28-22)17-7-6-14-29(15-17)25(31)19-8-4-5-9-20(19)33-3/h4-5,8-13,17H,6-7,14-15H2,1-3H3,(H,26,30)(H,27,28). The molecule has 8 heteroatoms. The third kappa shape index (κ3) is 4.55. The lowest BCUT2D eigenvalue weighted by Gasteiger charge is -2.32. The maximum atomic E-state index is 13.2. The molecule has 3 aromatic rings. The Morgan fingerprint density at radius 3 is 2.55 bits per heavy atom. The number of H-pyrrole nitrogens is 1. The number of imidazole rings is 1. The first-order valence-corrected chi connectivity index (χ1v) is 10.9. The second-order valence-corrected chi connectivity index (χ2v) is 7.94. The molecule has 1 unspecified atom stereocenters. The molecular weight excluding hydrogens is 420 g/mol. The van der Waals surface area contributed by atoms with Crippen molar-refractivity contribution in [3.8, 4) is 22.8 Å². The van der Waals surface area contributed by atoms with Gasteiger partial charge in [-0.25, -0.2) is 4.98 Å². The van der Waals surface area contributed by atoms with E-state index in [0.29, 0.717) is 41.6 Å². The van der Waals surface area contributed by atoms with Crippen molar-refractivity contribution in [1.82, 2.24) is 20.2 Å². The Morgan fingerprint density at radius 2 is 1.85 bits per heavy atom. The van der Waals surface area contributed by atoms with Crippen LogP contribution in [0.2, 0.25) is 0 Å². The Bertz CT molecular complexity index is 1140. The third-order valence-corrected chi connectivity index (χ3v) is 5.97. The van der Waals surface area contributed by atoms with Crippen LogP contribution >= 0.6 is 0 Å². The molecule has 2 N–H and O–H groups in total. The fraction of sp³-hybridized carbons (Fsp3) is 0.320. The van der Waals surface area contributed by atoms with Crippen molar-refractivity contribution >= 4 is 11.8 Å². The van der Waals surface area contributed by atoms with Crippen LogP contribution in [0.4, 0.5) is 0 Å². The van der Waals surface area contributed by atoms with Crippen LogP contribution in [-0.2, 0) is 0 Å². The highest BCUT2D eigenvalue weighted by Gasteiger charge is 2.30. The maximum Gasteiger partial charge on any atom is 0.269 e. The van der Waals surface area contributed by atoms with E-state index in [1.807, 2.05) is 41.3 Å². The van der Waals surface area contributed by atoms with Crippen LogP contribution in [0, 0.1) is 0 Å². The summed E-state index contributed by atoms with van der Waals surface area (Å²) in [5.74, 6) is 1.69. The first-order valence-electron chi connectivity index (χ1n) is 10.9. The number of carbonyl (C=O) groups excluding carboxylic acids is 2. The topological polar surface area (TPSA) is 96.6 Å². The van der Waals surface area contributed by atoms with Crippen LogP contribution in [0.15, 0.2) is 48.5 Å². The van der Waals surface area contributed by atoms with E-state index in [2.05, 4.69) is 10.3 Å². The van der Waals surface area contributed by atoms with Crippen molar-refractivity contribution in [1.29, 1.82) is 0 Å². The quantitative estimate of drug-likeness (QED) is 0.602. The number of aromatic amines is 1. The van der Waals surface area contributed by atoms with E-state index >= 15 is 0 Å². The van der Waals surface area contributed by atoms with Crippen LogP contribution in [0.25, 0.3) is 11.3 Å². The van der Waals surface area contributed by atoms with Crippen LogP contribution < -0.4 is 14.8 Å². The van der Waals surface area contributed by atoms with E-state index < -0.39 is 0 Å². The van der Waals surface area contributed by atoms with Gasteiger partial charge in [0.05, 0.1) is 19.8 Å². The van der Waals surface area contributed by atoms with E-state index in [-0.39, 0.29) is 17.7 Å². The second kappa shape index (κ2) is 9.77. The summed E-state index contributed by atoms with van der Waals surface area (Å²) in [6.45, 7) is 1.18. The molecule has 1 aromatic heterocycles. The Hall–Kier alpha value is -3.81. The smallest absolute Gasteiger partial charge is 0.269 e. The molecule has 33 heavy (non-hydrogen) atoms. The number of aromatic nitrogens is 2. The average Bonchev–Trinajstić information content (AvgIpc) is 3.33. The lowest BCUT2D eigenvalue weighted by atomic mass is 9.96. The molecule has 2 heterocycles. The van der Waals surface area contributed by atoms with Gasteiger partial charge in [0.25, 0.3) is 11.8 Å². The van der Waals surface area contributed by atoms with Crippen LogP contribution in [-0.4, -0.2) is 61.0 Å². The molecule has 1 aliphatic rings. The zero-order chi connectivity index (χ0) is 23.4. The summed E-state index contributed by atoms with van der Waals surface area (Å²) >= 11 is 0. The SMILES string of the molecule is CNC(=O)c1[nH]c(C2CCCN(C(=O)c3ccccc3OC)C2)nc1-c1ccc(OC)cc1. The third-order valence-electron chi connectivity index (χ3n) is 5.97. The minimum absolute atomic E-state index is 0.00666. The number of hydrogen-bond acceptors (Lipinski definition) is 5. The number of para-hydroxylation sites is 1. The van der Waals surface area contributed by atoms with Gasteiger partial charge >= 0.3 is 0 Å². The molecular formula is C25H28N4O4. The summed E-state index contributed by atoms with van der Waals surface area (Å²) in [6, 6.07) is 14.7. The molecule has 0 saturated carbocycles. The van der Waals surface area contributed by atoms with Crippen molar-refractivity contribution in [2.24, 2.45) is 0 Å². The van der Waals surface area contributed by atoms with Crippen LogP contribution in [0.1, 0.15) is 45.4 Å². The zero-order valence-corrected chi connectivity index (χ0v) is 19.1. The molecule has 2 amide bonds. The molecule has 1 fully saturated rings. The summed E-state index contributed by atoms with van der Waals surface area (Å²) in [7, 11) is 4.77. The number of nitrogens with zero attached hydrogens (tertiary/aromatic N) is 2. The number of nitrogens with one attached hydrogen (secondary N) is 2. The Labute approximate surface area is 192 Å². The highest BCUT2D eigenvalue weighted by Crippen LogP contribution is 2.31. The Balaban J connectivity index is 1.62. The van der Waals surface area contributed by atoms with Gasteiger partial charge in [0.1, 0.15) is 28.7 Å². The molecule has 172 valence electrons. The van der Waals surface area contributed by atoms with Gasteiger partial charge in [0, 0.05) is 31.6 Å². The molecule has 1 atom stereocenters. The van der Waals surface area contributed by atoms with Gasteiger partial charge < -0.3 is 24.7 Å². The van der Waals surface area contributed by atoms with Gasteiger partial charge in [-0.2, -0.15) is 0 Å². The molecule has 0 radical (unpaired) electrons.